The summed E-state index contributed by atoms with van der Waals surface area (Å²) in [6.45, 7) is 3.72. The standard InChI is InChI=1S/C16H21NO5S/c1-4-11-6-7-12(10-13(11)23(3,21)22)14(18)17-9-5-8-16(17,2)15(19)20/h6-7,10H,4-5,8-9H2,1-3H3,(H,19,20). The van der Waals surface area contributed by atoms with Crippen LogP contribution in [0.1, 0.15) is 42.6 Å². The second-order valence-corrected chi connectivity index (χ2v) is 8.07. The van der Waals surface area contributed by atoms with Crippen molar-refractivity contribution in [3.63, 3.8) is 0 Å². The summed E-state index contributed by atoms with van der Waals surface area (Å²) in [6, 6.07) is 4.55. The van der Waals surface area contributed by atoms with Gasteiger partial charge in [0.2, 0.25) is 0 Å². The number of carboxylic acid groups (broad SMARTS) is 1. The zero-order chi connectivity index (χ0) is 17.4. The number of carbonyl (C=O) groups excluding carboxylic acids is 1. The van der Waals surface area contributed by atoms with Gasteiger partial charge in [-0.1, -0.05) is 13.0 Å². The molecule has 0 radical (unpaired) electrons. The Labute approximate surface area is 136 Å². The SMILES string of the molecule is CCc1ccc(C(=O)N2CCCC2(C)C(=O)O)cc1S(C)(=O)=O. The van der Waals surface area contributed by atoms with E-state index in [2.05, 4.69) is 0 Å². The average Bonchev–Trinajstić information content (AvgIpc) is 2.88. The van der Waals surface area contributed by atoms with Crippen molar-refractivity contribution in [3.05, 3.63) is 29.3 Å². The number of hydrogen-bond acceptors (Lipinski definition) is 4. The largest absolute Gasteiger partial charge is 0.480 e. The van der Waals surface area contributed by atoms with Gasteiger partial charge in [-0.25, -0.2) is 13.2 Å². The first-order valence-corrected chi connectivity index (χ1v) is 9.38. The van der Waals surface area contributed by atoms with Crippen molar-refractivity contribution < 1.29 is 23.1 Å². The lowest BCUT2D eigenvalue weighted by Gasteiger charge is -2.31. The summed E-state index contributed by atoms with van der Waals surface area (Å²) in [4.78, 5) is 25.7. The normalized spacial score (nSPS) is 21.4. The molecular formula is C16H21NO5S. The van der Waals surface area contributed by atoms with Crippen LogP contribution in [0.2, 0.25) is 0 Å². The van der Waals surface area contributed by atoms with Crippen molar-refractivity contribution in [2.75, 3.05) is 12.8 Å². The molecule has 1 atom stereocenters. The molecule has 0 bridgehead atoms. The average molecular weight is 339 g/mol. The third-order valence-electron chi connectivity index (χ3n) is 4.44. The Morgan fingerprint density at radius 1 is 1.35 bits per heavy atom. The number of amides is 1. The van der Waals surface area contributed by atoms with Gasteiger partial charge in [-0.3, -0.25) is 4.79 Å². The highest BCUT2D eigenvalue weighted by molar-refractivity contribution is 7.90. The number of hydrogen-bond donors (Lipinski definition) is 1. The van der Waals surface area contributed by atoms with Gasteiger partial charge in [0.05, 0.1) is 4.90 Å². The second-order valence-electron chi connectivity index (χ2n) is 6.09. The maximum Gasteiger partial charge on any atom is 0.329 e. The van der Waals surface area contributed by atoms with Crippen LogP contribution in [0.3, 0.4) is 0 Å². The molecule has 2 rings (SSSR count). The topological polar surface area (TPSA) is 91.8 Å². The van der Waals surface area contributed by atoms with Gasteiger partial charge in [-0.05, 0) is 43.9 Å². The molecule has 1 fully saturated rings. The molecule has 0 spiro atoms. The molecule has 0 aromatic heterocycles. The molecule has 1 heterocycles. The van der Waals surface area contributed by atoms with Gasteiger partial charge < -0.3 is 10.0 Å². The van der Waals surface area contributed by atoms with Gasteiger partial charge in [0, 0.05) is 18.4 Å². The van der Waals surface area contributed by atoms with Crippen LogP contribution < -0.4 is 0 Å². The van der Waals surface area contributed by atoms with E-state index in [0.717, 1.165) is 6.26 Å². The minimum absolute atomic E-state index is 0.127. The van der Waals surface area contributed by atoms with Crippen molar-refractivity contribution in [3.8, 4) is 0 Å². The molecule has 23 heavy (non-hydrogen) atoms. The fraction of sp³-hybridized carbons (Fsp3) is 0.500. The summed E-state index contributed by atoms with van der Waals surface area (Å²) in [5.41, 5.74) is -0.394. The fourth-order valence-electron chi connectivity index (χ4n) is 2.99. The van der Waals surface area contributed by atoms with E-state index in [9.17, 15) is 23.1 Å². The van der Waals surface area contributed by atoms with Gasteiger partial charge in [0.15, 0.2) is 9.84 Å². The summed E-state index contributed by atoms with van der Waals surface area (Å²) >= 11 is 0. The molecular weight excluding hydrogens is 318 g/mol. The Bertz CT molecular complexity index is 756. The maximum absolute atomic E-state index is 12.7. The van der Waals surface area contributed by atoms with E-state index < -0.39 is 27.3 Å². The molecule has 1 saturated heterocycles. The Hall–Kier alpha value is -1.89. The van der Waals surface area contributed by atoms with E-state index in [1.165, 1.54) is 17.9 Å². The molecule has 1 aliphatic heterocycles. The number of rotatable bonds is 4. The lowest BCUT2D eigenvalue weighted by molar-refractivity contribution is -0.147. The van der Waals surface area contributed by atoms with Gasteiger partial charge >= 0.3 is 5.97 Å². The molecule has 126 valence electrons. The van der Waals surface area contributed by atoms with Crippen molar-refractivity contribution in [1.29, 1.82) is 0 Å². The van der Waals surface area contributed by atoms with Gasteiger partial charge in [0.25, 0.3) is 5.91 Å². The molecule has 6 nitrogen and oxygen atoms in total. The highest BCUT2D eigenvalue weighted by atomic mass is 32.2. The number of aliphatic carboxylic acids is 1. The summed E-state index contributed by atoms with van der Waals surface area (Å²) in [6.07, 6.45) is 2.64. The number of aryl methyl sites for hydroxylation is 1. The quantitative estimate of drug-likeness (QED) is 0.902. The summed E-state index contributed by atoms with van der Waals surface area (Å²) in [5, 5.41) is 9.41. The lowest BCUT2D eigenvalue weighted by atomic mass is 9.98. The Balaban J connectivity index is 2.47. The van der Waals surface area contributed by atoms with Gasteiger partial charge in [0.1, 0.15) is 5.54 Å². The van der Waals surface area contributed by atoms with Crippen LogP contribution in [0.4, 0.5) is 0 Å². The Morgan fingerprint density at radius 2 is 2.00 bits per heavy atom. The highest BCUT2D eigenvalue weighted by Crippen LogP contribution is 2.31. The highest BCUT2D eigenvalue weighted by Gasteiger charge is 2.46. The minimum atomic E-state index is -3.46. The number of carbonyl (C=O) groups is 2. The number of carboxylic acids is 1. The third kappa shape index (κ3) is 3.10. The Kier molecular flexibility index (Phi) is 4.52. The van der Waals surface area contributed by atoms with Crippen molar-refractivity contribution in [2.24, 2.45) is 0 Å². The van der Waals surface area contributed by atoms with Crippen LogP contribution in [0.25, 0.3) is 0 Å². The molecule has 1 aliphatic rings. The fourth-order valence-corrected chi connectivity index (χ4v) is 4.02. The van der Waals surface area contributed by atoms with E-state index in [1.54, 1.807) is 12.1 Å². The molecule has 0 aliphatic carbocycles. The first-order valence-electron chi connectivity index (χ1n) is 7.49. The van der Waals surface area contributed by atoms with Crippen LogP contribution in [0, 0.1) is 0 Å². The summed E-state index contributed by atoms with van der Waals surface area (Å²) < 4.78 is 23.9. The van der Waals surface area contributed by atoms with Crippen molar-refractivity contribution in [1.82, 2.24) is 4.90 Å². The summed E-state index contributed by atoms with van der Waals surface area (Å²) in [7, 11) is -3.46. The number of likely N-dealkylation sites (tertiary alicyclic amines) is 1. The monoisotopic (exact) mass is 339 g/mol. The molecule has 1 N–H and O–H groups in total. The zero-order valence-electron chi connectivity index (χ0n) is 13.5. The molecule has 1 aromatic rings. The smallest absolute Gasteiger partial charge is 0.329 e. The molecule has 1 aromatic carbocycles. The minimum Gasteiger partial charge on any atom is -0.480 e. The van der Waals surface area contributed by atoms with Crippen LogP contribution in [0.5, 0.6) is 0 Å². The van der Waals surface area contributed by atoms with E-state index in [4.69, 9.17) is 0 Å². The van der Waals surface area contributed by atoms with Gasteiger partial charge in [-0.15, -0.1) is 0 Å². The van der Waals surface area contributed by atoms with Crippen LogP contribution >= 0.6 is 0 Å². The van der Waals surface area contributed by atoms with Crippen LogP contribution in [-0.2, 0) is 21.1 Å². The molecule has 7 heteroatoms. The van der Waals surface area contributed by atoms with E-state index in [1.807, 2.05) is 6.92 Å². The van der Waals surface area contributed by atoms with E-state index in [-0.39, 0.29) is 10.5 Å². The van der Waals surface area contributed by atoms with E-state index in [0.29, 0.717) is 31.4 Å². The first kappa shape index (κ1) is 17.5. The predicted molar refractivity (Wildman–Crippen MR) is 85.2 cm³/mol. The van der Waals surface area contributed by atoms with Crippen molar-refractivity contribution in [2.45, 2.75) is 43.5 Å². The van der Waals surface area contributed by atoms with Crippen LogP contribution in [0.15, 0.2) is 23.1 Å². The Morgan fingerprint density at radius 3 is 2.52 bits per heavy atom. The zero-order valence-corrected chi connectivity index (χ0v) is 14.3. The first-order chi connectivity index (χ1) is 10.6. The molecule has 1 amide bonds. The predicted octanol–water partition coefficient (Wildman–Crippen LogP) is 1.73. The molecule has 0 saturated carbocycles. The second kappa shape index (κ2) is 5.96. The number of sulfone groups is 1. The van der Waals surface area contributed by atoms with Crippen LogP contribution in [-0.4, -0.2) is 48.6 Å². The molecule has 1 unspecified atom stereocenters. The van der Waals surface area contributed by atoms with Crippen molar-refractivity contribution >= 4 is 21.7 Å². The number of nitrogens with zero attached hydrogens (tertiary/aromatic N) is 1. The lowest BCUT2D eigenvalue weighted by Crippen LogP contribution is -2.50. The van der Waals surface area contributed by atoms with E-state index >= 15 is 0 Å². The third-order valence-corrected chi connectivity index (χ3v) is 5.62. The number of benzene rings is 1. The van der Waals surface area contributed by atoms with Gasteiger partial charge in [-0.2, -0.15) is 0 Å². The summed E-state index contributed by atoms with van der Waals surface area (Å²) in [5.74, 6) is -1.49. The maximum atomic E-state index is 12.7.